The van der Waals surface area contributed by atoms with Gasteiger partial charge < -0.3 is 15.4 Å². The fourth-order valence-corrected chi connectivity index (χ4v) is 3.13. The molecule has 0 unspecified atom stereocenters. The topological polar surface area (TPSA) is 84.5 Å². The van der Waals surface area contributed by atoms with E-state index in [1.165, 1.54) is 6.92 Å². The van der Waals surface area contributed by atoms with Crippen molar-refractivity contribution in [2.24, 2.45) is 0 Å². The highest BCUT2D eigenvalue weighted by molar-refractivity contribution is 5.94. The molecule has 29 heavy (non-hydrogen) atoms. The van der Waals surface area contributed by atoms with Crippen LogP contribution in [0.15, 0.2) is 48.5 Å². The Morgan fingerprint density at radius 2 is 1.55 bits per heavy atom. The summed E-state index contributed by atoms with van der Waals surface area (Å²) in [5.41, 5.74) is 3.67. The maximum Gasteiger partial charge on any atom is 0.308 e. The van der Waals surface area contributed by atoms with Gasteiger partial charge in [0, 0.05) is 12.6 Å². The predicted octanol–water partition coefficient (Wildman–Crippen LogP) is 3.56. The number of esters is 1. The van der Waals surface area contributed by atoms with Crippen LogP contribution in [0, 0.1) is 0 Å². The summed E-state index contributed by atoms with van der Waals surface area (Å²) < 4.78 is 5.15. The van der Waals surface area contributed by atoms with Crippen LogP contribution < -0.4 is 10.6 Å². The Morgan fingerprint density at radius 1 is 0.931 bits per heavy atom. The number of amides is 2. The molecule has 2 amide bonds. The molecule has 0 heterocycles. The minimum Gasteiger partial charge on any atom is -0.455 e. The summed E-state index contributed by atoms with van der Waals surface area (Å²) in [5.74, 6) is -1.18. The Hall–Kier alpha value is -3.15. The van der Waals surface area contributed by atoms with Gasteiger partial charge in [0.2, 0.25) is 5.91 Å². The van der Waals surface area contributed by atoms with E-state index in [-0.39, 0.29) is 24.8 Å². The van der Waals surface area contributed by atoms with E-state index in [9.17, 15) is 14.4 Å². The van der Waals surface area contributed by atoms with Crippen molar-refractivity contribution in [1.82, 2.24) is 5.32 Å². The molecule has 2 rings (SSSR count). The molecule has 0 spiro atoms. The van der Waals surface area contributed by atoms with Gasteiger partial charge in [0.05, 0.1) is 12.5 Å². The second-order valence-corrected chi connectivity index (χ2v) is 6.74. The molecule has 2 aromatic rings. The molecule has 0 radical (unpaired) electrons. The van der Waals surface area contributed by atoms with Crippen LogP contribution in [0.25, 0.3) is 0 Å². The van der Waals surface area contributed by atoms with Crippen LogP contribution in [0.1, 0.15) is 49.9 Å². The fourth-order valence-electron chi connectivity index (χ4n) is 3.13. The van der Waals surface area contributed by atoms with Crippen molar-refractivity contribution in [3.05, 3.63) is 65.2 Å². The van der Waals surface area contributed by atoms with Gasteiger partial charge in [-0.2, -0.15) is 0 Å². The summed E-state index contributed by atoms with van der Waals surface area (Å²) in [5, 5.41) is 5.61. The van der Waals surface area contributed by atoms with Gasteiger partial charge in [-0.3, -0.25) is 14.4 Å². The van der Waals surface area contributed by atoms with E-state index in [2.05, 4.69) is 10.6 Å². The predicted molar refractivity (Wildman–Crippen MR) is 112 cm³/mol. The molecular formula is C23H28N2O4. The first-order valence-electron chi connectivity index (χ1n) is 9.82. The van der Waals surface area contributed by atoms with E-state index in [1.807, 2.05) is 62.4 Å². The van der Waals surface area contributed by atoms with E-state index >= 15 is 0 Å². The molecule has 0 saturated carbocycles. The lowest BCUT2D eigenvalue weighted by molar-refractivity contribution is -0.148. The van der Waals surface area contributed by atoms with Crippen molar-refractivity contribution in [3.63, 3.8) is 0 Å². The third-order valence-electron chi connectivity index (χ3n) is 4.58. The molecule has 0 aromatic heterocycles. The van der Waals surface area contributed by atoms with Gasteiger partial charge in [-0.25, -0.2) is 0 Å². The molecule has 0 saturated heterocycles. The number of aryl methyl sites for hydroxylation is 2. The minimum atomic E-state index is -0.553. The molecule has 0 fully saturated rings. The lowest BCUT2D eigenvalue weighted by Gasteiger charge is -2.18. The van der Waals surface area contributed by atoms with Crippen LogP contribution >= 0.6 is 0 Å². The lowest BCUT2D eigenvalue weighted by atomic mass is 10.0. The van der Waals surface area contributed by atoms with Crippen molar-refractivity contribution in [3.8, 4) is 0 Å². The van der Waals surface area contributed by atoms with Crippen molar-refractivity contribution in [1.29, 1.82) is 0 Å². The molecule has 0 aliphatic heterocycles. The number of nitrogens with one attached hydrogen (secondary N) is 2. The average Bonchev–Trinajstić information content (AvgIpc) is 2.72. The molecule has 6 heteroatoms. The first-order chi connectivity index (χ1) is 13.9. The number of hydrogen-bond acceptors (Lipinski definition) is 4. The normalized spacial score (nSPS) is 11.4. The number of carbonyl (C=O) groups excluding carboxylic acids is 3. The second-order valence-electron chi connectivity index (χ2n) is 6.74. The van der Waals surface area contributed by atoms with Crippen molar-refractivity contribution in [2.45, 2.75) is 46.1 Å². The Morgan fingerprint density at radius 3 is 2.10 bits per heavy atom. The van der Waals surface area contributed by atoms with Crippen molar-refractivity contribution < 1.29 is 19.1 Å². The second kappa shape index (κ2) is 11.0. The molecule has 0 aliphatic carbocycles. The zero-order valence-corrected chi connectivity index (χ0v) is 17.2. The molecular weight excluding hydrogens is 368 g/mol. The van der Waals surface area contributed by atoms with Gasteiger partial charge in [0.1, 0.15) is 0 Å². The van der Waals surface area contributed by atoms with E-state index in [0.29, 0.717) is 0 Å². The van der Waals surface area contributed by atoms with Gasteiger partial charge in [-0.15, -0.1) is 0 Å². The maximum atomic E-state index is 12.3. The summed E-state index contributed by atoms with van der Waals surface area (Å²) in [4.78, 5) is 36.1. The quantitative estimate of drug-likeness (QED) is 0.635. The Labute approximate surface area is 171 Å². The zero-order valence-electron chi connectivity index (χ0n) is 17.2. The Balaban J connectivity index is 1.96. The van der Waals surface area contributed by atoms with Gasteiger partial charge in [0.25, 0.3) is 5.91 Å². The average molecular weight is 396 g/mol. The Bertz CT molecular complexity index is 827. The van der Waals surface area contributed by atoms with E-state index in [1.54, 1.807) is 0 Å². The first kappa shape index (κ1) is 22.1. The maximum absolute atomic E-state index is 12.3. The number of benzene rings is 2. The fraction of sp³-hybridized carbons (Fsp3) is 0.348. The molecule has 6 nitrogen and oxygen atoms in total. The number of hydrogen-bond donors (Lipinski definition) is 2. The number of anilines is 1. The number of carbonyl (C=O) groups is 3. The highest BCUT2D eigenvalue weighted by Crippen LogP contribution is 2.22. The van der Waals surface area contributed by atoms with Crippen LogP contribution in [0.2, 0.25) is 0 Å². The van der Waals surface area contributed by atoms with Gasteiger partial charge in [0.15, 0.2) is 6.61 Å². The van der Waals surface area contributed by atoms with E-state index in [4.69, 9.17) is 4.74 Å². The number of para-hydroxylation sites is 1. The number of rotatable bonds is 9. The van der Waals surface area contributed by atoms with Crippen LogP contribution in [0.5, 0.6) is 0 Å². The standard InChI is InChI=1S/C23H28N2O4/c1-4-17-12-9-13-18(5-2)23(17)25-21(27)15-29-22(28)14-20(24-16(3)26)19-10-7-6-8-11-19/h6-13,20H,4-5,14-15H2,1-3H3,(H,24,26)(H,25,27)/t20-/m1/s1. The number of ether oxygens (including phenoxy) is 1. The lowest BCUT2D eigenvalue weighted by Crippen LogP contribution is -2.29. The van der Waals surface area contributed by atoms with Crippen LogP contribution in [0.3, 0.4) is 0 Å². The molecule has 154 valence electrons. The zero-order chi connectivity index (χ0) is 21.2. The molecule has 1 atom stereocenters. The smallest absolute Gasteiger partial charge is 0.308 e. The van der Waals surface area contributed by atoms with Crippen LogP contribution in [-0.4, -0.2) is 24.4 Å². The van der Waals surface area contributed by atoms with Crippen LogP contribution in [-0.2, 0) is 32.0 Å². The first-order valence-corrected chi connectivity index (χ1v) is 9.82. The Kier molecular flexibility index (Phi) is 8.40. The van der Waals surface area contributed by atoms with Gasteiger partial charge >= 0.3 is 5.97 Å². The molecule has 0 aliphatic rings. The summed E-state index contributed by atoms with van der Waals surface area (Å²) in [6.07, 6.45) is 1.53. The minimum absolute atomic E-state index is 0.0529. The summed E-state index contributed by atoms with van der Waals surface area (Å²) in [6, 6.07) is 14.6. The third kappa shape index (κ3) is 6.75. The monoisotopic (exact) mass is 396 g/mol. The third-order valence-corrected chi connectivity index (χ3v) is 4.58. The largest absolute Gasteiger partial charge is 0.455 e. The van der Waals surface area contributed by atoms with E-state index < -0.39 is 12.0 Å². The summed E-state index contributed by atoms with van der Waals surface area (Å²) >= 11 is 0. The van der Waals surface area contributed by atoms with Crippen molar-refractivity contribution >= 4 is 23.5 Å². The van der Waals surface area contributed by atoms with Crippen molar-refractivity contribution in [2.75, 3.05) is 11.9 Å². The molecule has 0 bridgehead atoms. The highest BCUT2D eigenvalue weighted by atomic mass is 16.5. The summed E-state index contributed by atoms with van der Waals surface area (Å²) in [7, 11) is 0. The summed E-state index contributed by atoms with van der Waals surface area (Å²) in [6.45, 7) is 5.07. The van der Waals surface area contributed by atoms with Gasteiger partial charge in [-0.1, -0.05) is 62.4 Å². The van der Waals surface area contributed by atoms with E-state index in [0.717, 1.165) is 35.2 Å². The SMILES string of the molecule is CCc1cccc(CC)c1NC(=O)COC(=O)C[C@@H](NC(C)=O)c1ccccc1. The van der Waals surface area contributed by atoms with Gasteiger partial charge in [-0.05, 0) is 29.5 Å². The highest BCUT2D eigenvalue weighted by Gasteiger charge is 2.19. The molecule has 2 aromatic carbocycles. The van der Waals surface area contributed by atoms with Crippen LogP contribution in [0.4, 0.5) is 5.69 Å². The molecule has 2 N–H and O–H groups in total.